The minimum absolute atomic E-state index is 0.0356. The maximum Gasteiger partial charge on any atom is 0.411 e. The number of hydrogen-bond donors (Lipinski definition) is 0. The van der Waals surface area contributed by atoms with Crippen molar-refractivity contribution in [2.45, 2.75) is 76.6 Å². The second-order valence-corrected chi connectivity index (χ2v) is 15.6. The van der Waals surface area contributed by atoms with Crippen LogP contribution in [0.2, 0.25) is 18.1 Å². The third kappa shape index (κ3) is 4.51. The molecule has 2 fully saturated rings. The van der Waals surface area contributed by atoms with Crippen molar-refractivity contribution in [3.05, 3.63) is 71.8 Å². The van der Waals surface area contributed by atoms with Crippen molar-refractivity contribution in [2.75, 3.05) is 6.61 Å². The highest BCUT2D eigenvalue weighted by molar-refractivity contribution is 6.74. The monoisotopic (exact) mass is 480 g/mol. The number of ether oxygens (including phenoxy) is 1. The highest BCUT2D eigenvalue weighted by Gasteiger charge is 2.58. The number of nitrogens with zero attached hydrogens (tertiary/aromatic N) is 2. The van der Waals surface area contributed by atoms with Gasteiger partial charge in [0.05, 0.1) is 18.2 Å². The summed E-state index contributed by atoms with van der Waals surface area (Å²) < 4.78 is 12.2. The Morgan fingerprint density at radius 1 is 1.03 bits per heavy atom. The first kappa shape index (κ1) is 24.5. The van der Waals surface area contributed by atoms with Gasteiger partial charge in [0.1, 0.15) is 12.6 Å². The Morgan fingerprint density at radius 2 is 1.62 bits per heavy atom. The van der Waals surface area contributed by atoms with Crippen LogP contribution in [0.1, 0.15) is 44.9 Å². The van der Waals surface area contributed by atoms with E-state index in [-0.39, 0.29) is 35.7 Å². The Labute approximate surface area is 204 Å². The Hall–Kier alpha value is -2.64. The molecule has 2 aromatic rings. The molecule has 34 heavy (non-hydrogen) atoms. The molecule has 6 nitrogen and oxygen atoms in total. The first-order valence-electron chi connectivity index (χ1n) is 12.0. The lowest BCUT2D eigenvalue weighted by atomic mass is 9.87. The molecule has 0 radical (unpaired) electrons. The van der Waals surface area contributed by atoms with Crippen molar-refractivity contribution >= 4 is 20.3 Å². The minimum Gasteiger partial charge on any atom is -0.447 e. The van der Waals surface area contributed by atoms with Gasteiger partial charge in [-0.1, -0.05) is 81.4 Å². The molecular weight excluding hydrogens is 444 g/mol. The van der Waals surface area contributed by atoms with Crippen LogP contribution < -0.4 is 0 Å². The van der Waals surface area contributed by atoms with Gasteiger partial charge in [0, 0.05) is 6.54 Å². The molecule has 0 N–H and O–H groups in total. The number of carbonyl (C=O) groups excluding carboxylic acids is 2. The van der Waals surface area contributed by atoms with E-state index in [1.807, 2.05) is 72.5 Å². The lowest BCUT2D eigenvalue weighted by molar-refractivity contribution is -0.166. The molecule has 0 spiro atoms. The summed E-state index contributed by atoms with van der Waals surface area (Å²) in [4.78, 5) is 30.0. The number of rotatable bonds is 7. The molecule has 2 aliphatic rings. The molecule has 0 aromatic heterocycles. The molecule has 0 saturated carbocycles. The molecule has 2 aromatic carbocycles. The number of benzene rings is 2. The molecule has 0 aliphatic carbocycles. The molecule has 7 heteroatoms. The number of likely N-dealkylation sites (tertiary alicyclic amines) is 1. The van der Waals surface area contributed by atoms with Crippen LogP contribution in [0.4, 0.5) is 4.79 Å². The standard InChI is InChI=1S/C27H36N2O4Si/c1-19(33-34(5,6)27(2,3)4)23-24(25(30)28(23)17-20-13-9-7-10-14-20)29-22(18-32-26(29)31)21-15-11-8-12-16-21/h7-16,19,22-24H,17-18H2,1-6H3/t19-,22-,23+,24-/m1/s1. The van der Waals surface area contributed by atoms with Crippen molar-refractivity contribution in [1.29, 1.82) is 0 Å². The van der Waals surface area contributed by atoms with Crippen molar-refractivity contribution < 1.29 is 18.8 Å². The molecule has 4 rings (SSSR count). The SMILES string of the molecule is C[C@@H](O[Si](C)(C)C(C)(C)C)[C@H]1[C@@H](N2C(=O)OC[C@@H]2c2ccccc2)C(=O)N1Cc1ccccc1. The normalized spacial score (nSPS) is 24.1. The number of cyclic esters (lactones) is 1. The summed E-state index contributed by atoms with van der Waals surface area (Å²) >= 11 is 0. The van der Waals surface area contributed by atoms with Gasteiger partial charge in [-0.15, -0.1) is 0 Å². The predicted octanol–water partition coefficient (Wildman–Crippen LogP) is 5.37. The fourth-order valence-electron chi connectivity index (χ4n) is 4.69. The Bertz CT molecular complexity index is 1020. The molecule has 2 aliphatic heterocycles. The number of hydrogen-bond acceptors (Lipinski definition) is 4. The maximum absolute atomic E-state index is 13.6. The Kier molecular flexibility index (Phi) is 6.62. The average Bonchev–Trinajstić information content (AvgIpc) is 3.16. The van der Waals surface area contributed by atoms with Gasteiger partial charge in [-0.25, -0.2) is 4.79 Å². The van der Waals surface area contributed by atoms with Gasteiger partial charge in [-0.2, -0.15) is 0 Å². The minimum atomic E-state index is -2.10. The zero-order valence-corrected chi connectivity index (χ0v) is 22.0. The zero-order valence-electron chi connectivity index (χ0n) is 21.0. The maximum atomic E-state index is 13.6. The molecule has 0 bridgehead atoms. The number of amides is 2. The van der Waals surface area contributed by atoms with Gasteiger partial charge < -0.3 is 14.1 Å². The van der Waals surface area contributed by atoms with Gasteiger partial charge in [0.25, 0.3) is 0 Å². The second-order valence-electron chi connectivity index (χ2n) is 10.9. The van der Waals surface area contributed by atoms with Gasteiger partial charge in [-0.05, 0) is 36.2 Å². The largest absolute Gasteiger partial charge is 0.447 e. The van der Waals surface area contributed by atoms with Crippen molar-refractivity contribution in [2.24, 2.45) is 0 Å². The molecule has 4 atom stereocenters. The lowest BCUT2D eigenvalue weighted by Gasteiger charge is -2.54. The fraction of sp³-hybridized carbons (Fsp3) is 0.481. The molecule has 182 valence electrons. The highest BCUT2D eigenvalue weighted by atomic mass is 28.4. The number of carbonyl (C=O) groups is 2. The molecule has 0 unspecified atom stereocenters. The third-order valence-corrected chi connectivity index (χ3v) is 12.2. The fourth-order valence-corrected chi connectivity index (χ4v) is 6.11. The highest BCUT2D eigenvalue weighted by Crippen LogP contribution is 2.42. The second kappa shape index (κ2) is 9.19. The van der Waals surface area contributed by atoms with E-state index in [1.165, 1.54) is 0 Å². The summed E-state index contributed by atoms with van der Waals surface area (Å²) in [6.45, 7) is 13.8. The van der Waals surface area contributed by atoms with E-state index in [4.69, 9.17) is 9.16 Å². The van der Waals surface area contributed by atoms with E-state index in [0.717, 1.165) is 11.1 Å². The van der Waals surface area contributed by atoms with Gasteiger partial charge in [-0.3, -0.25) is 9.69 Å². The van der Waals surface area contributed by atoms with Crippen molar-refractivity contribution in [3.8, 4) is 0 Å². The predicted molar refractivity (Wildman–Crippen MR) is 135 cm³/mol. The van der Waals surface area contributed by atoms with E-state index in [1.54, 1.807) is 4.90 Å². The first-order chi connectivity index (χ1) is 16.0. The quantitative estimate of drug-likeness (QED) is 0.395. The summed E-state index contributed by atoms with van der Waals surface area (Å²) in [6, 6.07) is 18.6. The summed E-state index contributed by atoms with van der Waals surface area (Å²) in [6.07, 6.45) is -0.659. The Morgan fingerprint density at radius 3 is 2.21 bits per heavy atom. The van der Waals surface area contributed by atoms with Gasteiger partial charge in [0.2, 0.25) is 5.91 Å². The van der Waals surface area contributed by atoms with Gasteiger partial charge >= 0.3 is 6.09 Å². The molecule has 2 amide bonds. The van der Waals surface area contributed by atoms with Crippen molar-refractivity contribution in [1.82, 2.24) is 9.80 Å². The van der Waals surface area contributed by atoms with Crippen LogP contribution in [0.3, 0.4) is 0 Å². The topological polar surface area (TPSA) is 59.1 Å². The third-order valence-electron chi connectivity index (χ3n) is 7.58. The van der Waals surface area contributed by atoms with Crippen LogP contribution in [-0.4, -0.2) is 54.9 Å². The van der Waals surface area contributed by atoms with Crippen LogP contribution >= 0.6 is 0 Å². The summed E-state index contributed by atoms with van der Waals surface area (Å²) in [7, 11) is -2.10. The smallest absolute Gasteiger partial charge is 0.411 e. The van der Waals surface area contributed by atoms with Crippen LogP contribution in [0.15, 0.2) is 60.7 Å². The molecular formula is C27H36N2O4Si. The van der Waals surface area contributed by atoms with Gasteiger partial charge in [0.15, 0.2) is 8.32 Å². The number of β-lactam (4-membered cyclic amide) rings is 1. The van der Waals surface area contributed by atoms with E-state index < -0.39 is 20.5 Å². The van der Waals surface area contributed by atoms with E-state index in [9.17, 15) is 9.59 Å². The average molecular weight is 481 g/mol. The van der Waals surface area contributed by atoms with E-state index in [0.29, 0.717) is 6.54 Å². The summed E-state index contributed by atoms with van der Waals surface area (Å²) in [5.74, 6) is -0.0562. The zero-order chi connectivity index (χ0) is 24.7. The summed E-state index contributed by atoms with van der Waals surface area (Å²) in [5.41, 5.74) is 2.03. The summed E-state index contributed by atoms with van der Waals surface area (Å²) in [5, 5.41) is 0.0356. The van der Waals surface area contributed by atoms with Crippen LogP contribution in [-0.2, 0) is 20.5 Å². The Balaban J connectivity index is 1.66. The first-order valence-corrected chi connectivity index (χ1v) is 14.9. The van der Waals surface area contributed by atoms with Crippen LogP contribution in [0.25, 0.3) is 0 Å². The molecule has 2 saturated heterocycles. The van der Waals surface area contributed by atoms with E-state index in [2.05, 4.69) is 33.9 Å². The van der Waals surface area contributed by atoms with E-state index >= 15 is 0 Å². The molecule has 2 heterocycles. The van der Waals surface area contributed by atoms with Crippen LogP contribution in [0.5, 0.6) is 0 Å². The lowest BCUT2D eigenvalue weighted by Crippen LogP contribution is -2.74. The van der Waals surface area contributed by atoms with Crippen molar-refractivity contribution in [3.63, 3.8) is 0 Å². The van der Waals surface area contributed by atoms with Crippen LogP contribution in [0, 0.1) is 0 Å².